The Hall–Kier alpha value is -2.38. The van der Waals surface area contributed by atoms with Gasteiger partial charge in [-0.05, 0) is 89.9 Å². The minimum atomic E-state index is -1.58. The highest BCUT2D eigenvalue weighted by Crippen LogP contribution is 2.23. The number of rotatable bonds is 51. The molecule has 0 spiro atoms. The van der Waals surface area contributed by atoms with E-state index in [9.17, 15) is 35.1 Å². The van der Waals surface area contributed by atoms with Crippen molar-refractivity contribution >= 4 is 11.9 Å². The second-order valence-corrected chi connectivity index (χ2v) is 20.7. The van der Waals surface area contributed by atoms with E-state index in [-0.39, 0.29) is 18.5 Å². The predicted molar refractivity (Wildman–Crippen MR) is 297 cm³/mol. The van der Waals surface area contributed by atoms with Gasteiger partial charge >= 0.3 is 5.97 Å². The van der Waals surface area contributed by atoms with Gasteiger partial charge in [-0.2, -0.15) is 0 Å². The van der Waals surface area contributed by atoms with Gasteiger partial charge in [0.1, 0.15) is 24.4 Å². The molecule has 0 aliphatic carbocycles. The number of aliphatic hydroxyl groups excluding tert-OH is 5. The summed E-state index contributed by atoms with van der Waals surface area (Å²) in [7, 11) is 0. The van der Waals surface area contributed by atoms with Crippen LogP contribution in [0.3, 0.4) is 0 Å². The number of amides is 1. The Balaban J connectivity index is 2.13. The van der Waals surface area contributed by atoms with Gasteiger partial charge < -0.3 is 45.1 Å². The lowest BCUT2D eigenvalue weighted by atomic mass is 9.99. The predicted octanol–water partition coefficient (Wildman–Crippen LogP) is 13.7. The number of ether oxygens (including phenoxy) is 3. The quantitative estimate of drug-likeness (QED) is 0.0149. The molecule has 0 bridgehead atoms. The number of carbonyl (C=O) groups excluding carboxylic acids is 2. The van der Waals surface area contributed by atoms with Crippen molar-refractivity contribution in [2.45, 2.75) is 307 Å². The minimum absolute atomic E-state index is 0.0388. The summed E-state index contributed by atoms with van der Waals surface area (Å²) in [5.74, 6) is -0.231. The fourth-order valence-electron chi connectivity index (χ4n) is 9.12. The van der Waals surface area contributed by atoms with Gasteiger partial charge in [-0.15, -0.1) is 0 Å². The van der Waals surface area contributed by atoms with Crippen molar-refractivity contribution in [2.24, 2.45) is 0 Å². The number of unbranched alkanes of at least 4 members (excludes halogenated alkanes) is 32. The van der Waals surface area contributed by atoms with E-state index in [2.05, 4.69) is 55.6 Å². The fraction of sp³-hybridized carbons (Fsp3) is 0.836. The third kappa shape index (κ3) is 40.0. The average Bonchev–Trinajstić information content (AvgIpc) is 3.38. The SMILES string of the molecule is CCCCC/C=C\CCCCCCCC(=O)OCCCCC/C=C\C=C/CCCCCCCCCCCCC(=O)NC(COC1OC(CO)C(O)C(O)C1O)C(O)/C=C/CCCCCCCCCCCCC. The van der Waals surface area contributed by atoms with Crippen molar-refractivity contribution in [1.29, 1.82) is 0 Å². The molecule has 72 heavy (non-hydrogen) atoms. The Morgan fingerprint density at radius 3 is 1.44 bits per heavy atom. The van der Waals surface area contributed by atoms with Gasteiger partial charge in [-0.25, -0.2) is 0 Å². The first kappa shape index (κ1) is 67.6. The zero-order valence-electron chi connectivity index (χ0n) is 46.1. The second-order valence-electron chi connectivity index (χ2n) is 20.7. The summed E-state index contributed by atoms with van der Waals surface area (Å²) in [5, 5.41) is 54.4. The number of allylic oxidation sites excluding steroid dienone is 7. The smallest absolute Gasteiger partial charge is 0.305 e. The highest BCUT2D eigenvalue weighted by atomic mass is 16.7. The maximum Gasteiger partial charge on any atom is 0.305 e. The van der Waals surface area contributed by atoms with E-state index >= 15 is 0 Å². The van der Waals surface area contributed by atoms with Crippen molar-refractivity contribution in [1.82, 2.24) is 5.32 Å². The fourth-order valence-corrected chi connectivity index (χ4v) is 9.12. The summed E-state index contributed by atoms with van der Waals surface area (Å²) in [6, 6.07) is -0.818. The van der Waals surface area contributed by atoms with Crippen LogP contribution in [0, 0.1) is 0 Å². The first-order valence-corrected chi connectivity index (χ1v) is 29.9. The Morgan fingerprint density at radius 2 is 0.931 bits per heavy atom. The van der Waals surface area contributed by atoms with Crippen molar-refractivity contribution < 1.29 is 49.3 Å². The molecule has 1 amide bonds. The Morgan fingerprint density at radius 1 is 0.514 bits per heavy atom. The lowest BCUT2D eigenvalue weighted by Crippen LogP contribution is -2.60. The van der Waals surface area contributed by atoms with Gasteiger partial charge in [0.15, 0.2) is 6.29 Å². The summed E-state index contributed by atoms with van der Waals surface area (Å²) in [6.07, 6.45) is 53.4. The maximum atomic E-state index is 13.0. The zero-order chi connectivity index (χ0) is 52.4. The van der Waals surface area contributed by atoms with Crippen LogP contribution in [0.1, 0.15) is 264 Å². The number of hydrogen-bond acceptors (Lipinski definition) is 10. The van der Waals surface area contributed by atoms with E-state index in [1.807, 2.05) is 6.08 Å². The molecular weight excluding hydrogens is 907 g/mol. The molecule has 1 saturated heterocycles. The molecule has 11 heteroatoms. The molecule has 6 N–H and O–H groups in total. The van der Waals surface area contributed by atoms with Crippen LogP contribution in [-0.2, 0) is 23.8 Å². The van der Waals surface area contributed by atoms with Crippen molar-refractivity contribution in [3.63, 3.8) is 0 Å². The van der Waals surface area contributed by atoms with Gasteiger partial charge in [0.05, 0.1) is 32.0 Å². The van der Waals surface area contributed by atoms with Crippen LogP contribution >= 0.6 is 0 Å². The molecule has 1 fully saturated rings. The highest BCUT2D eigenvalue weighted by molar-refractivity contribution is 5.76. The van der Waals surface area contributed by atoms with Crippen LogP contribution < -0.4 is 5.32 Å². The standard InChI is InChI=1S/C61H111NO10/c1-3-5-7-9-11-13-15-24-27-31-35-39-43-47-54(64)53(52-71-61-60(69)59(68)58(67)55(51-63)72-61)62-56(65)48-44-40-36-32-28-25-22-20-18-17-19-21-23-26-30-34-38-42-46-50-70-57(66)49-45-41-37-33-29-16-14-12-10-8-6-4-2/h12,14,21,23,26,30,43,47,53-55,58-61,63-64,67-69H,3-11,13,15-20,22,24-25,27-29,31-42,44-46,48-52H2,1-2H3,(H,62,65)/b14-12-,23-21-,30-26-,47-43+. The molecule has 7 atom stereocenters. The Bertz CT molecular complexity index is 1340. The summed E-state index contributed by atoms with van der Waals surface area (Å²) in [5.41, 5.74) is 0. The molecular formula is C61H111NO10. The number of carbonyl (C=O) groups is 2. The van der Waals surface area contributed by atoms with Gasteiger partial charge in [0.25, 0.3) is 0 Å². The van der Waals surface area contributed by atoms with Crippen LogP contribution in [0.4, 0.5) is 0 Å². The molecule has 1 aliphatic heterocycles. The van der Waals surface area contributed by atoms with Crippen molar-refractivity contribution in [3.8, 4) is 0 Å². The minimum Gasteiger partial charge on any atom is -0.466 e. The second kappa shape index (κ2) is 50.8. The molecule has 0 aromatic rings. The van der Waals surface area contributed by atoms with Crippen LogP contribution in [0.25, 0.3) is 0 Å². The van der Waals surface area contributed by atoms with Crippen LogP contribution in [-0.4, -0.2) is 100 Å². The topological polar surface area (TPSA) is 175 Å². The van der Waals surface area contributed by atoms with Gasteiger partial charge in [0, 0.05) is 12.8 Å². The molecule has 1 rings (SSSR count). The van der Waals surface area contributed by atoms with Crippen molar-refractivity contribution in [3.05, 3.63) is 48.6 Å². The van der Waals surface area contributed by atoms with Crippen molar-refractivity contribution in [2.75, 3.05) is 19.8 Å². The molecule has 0 radical (unpaired) electrons. The number of hydrogen-bond donors (Lipinski definition) is 6. The Labute approximate surface area is 440 Å². The van der Waals surface area contributed by atoms with E-state index in [0.717, 1.165) is 89.9 Å². The summed E-state index contributed by atoms with van der Waals surface area (Å²) in [6.45, 7) is 4.26. The lowest BCUT2D eigenvalue weighted by Gasteiger charge is -2.40. The Kier molecular flexibility index (Phi) is 47.7. The number of nitrogens with one attached hydrogen (secondary N) is 1. The summed E-state index contributed by atoms with van der Waals surface area (Å²) < 4.78 is 16.7. The first-order chi connectivity index (χ1) is 35.2. The van der Waals surface area contributed by atoms with E-state index in [1.54, 1.807) is 6.08 Å². The zero-order valence-corrected chi connectivity index (χ0v) is 46.1. The summed E-state index contributed by atoms with van der Waals surface area (Å²) >= 11 is 0. The van der Waals surface area contributed by atoms with Gasteiger partial charge in [-0.1, -0.05) is 210 Å². The molecule has 1 aliphatic rings. The molecule has 0 aromatic carbocycles. The molecule has 420 valence electrons. The summed E-state index contributed by atoms with van der Waals surface area (Å²) in [4.78, 5) is 25.0. The molecule has 0 aromatic heterocycles. The van der Waals surface area contributed by atoms with E-state index in [1.165, 1.54) is 148 Å². The van der Waals surface area contributed by atoms with Crippen LogP contribution in [0.5, 0.6) is 0 Å². The average molecular weight is 1020 g/mol. The van der Waals surface area contributed by atoms with E-state index in [4.69, 9.17) is 14.2 Å². The van der Waals surface area contributed by atoms with Crippen LogP contribution in [0.2, 0.25) is 0 Å². The molecule has 7 unspecified atom stereocenters. The third-order valence-corrected chi connectivity index (χ3v) is 13.9. The van der Waals surface area contributed by atoms with Crippen LogP contribution in [0.15, 0.2) is 48.6 Å². The van der Waals surface area contributed by atoms with Gasteiger partial charge in [0.2, 0.25) is 5.91 Å². The third-order valence-electron chi connectivity index (χ3n) is 13.9. The number of aliphatic hydroxyl groups is 5. The highest BCUT2D eigenvalue weighted by Gasteiger charge is 2.44. The largest absolute Gasteiger partial charge is 0.466 e. The molecule has 0 saturated carbocycles. The normalized spacial score (nSPS) is 19.3. The van der Waals surface area contributed by atoms with E-state index in [0.29, 0.717) is 19.4 Å². The molecule has 1 heterocycles. The number of esters is 1. The maximum absolute atomic E-state index is 13.0. The first-order valence-electron chi connectivity index (χ1n) is 29.9. The lowest BCUT2D eigenvalue weighted by molar-refractivity contribution is -0.302. The van der Waals surface area contributed by atoms with E-state index < -0.39 is 49.5 Å². The molecule has 11 nitrogen and oxygen atoms in total. The monoisotopic (exact) mass is 1020 g/mol. The van der Waals surface area contributed by atoms with Gasteiger partial charge in [-0.3, -0.25) is 9.59 Å².